The average molecular weight is 297 g/mol. The Morgan fingerprint density at radius 1 is 1.00 bits per heavy atom. The molecule has 0 bridgehead atoms. The second kappa shape index (κ2) is 5.38. The van der Waals surface area contributed by atoms with Crippen LogP contribution in [0.1, 0.15) is 5.56 Å². The summed E-state index contributed by atoms with van der Waals surface area (Å²) in [5.41, 5.74) is 0.515. The Kier molecular flexibility index (Phi) is 3.41. The van der Waals surface area contributed by atoms with Crippen molar-refractivity contribution in [3.8, 4) is 10.8 Å². The van der Waals surface area contributed by atoms with Gasteiger partial charge in [0.25, 0.3) is 0 Å². The first-order chi connectivity index (χ1) is 10.1. The van der Waals surface area contributed by atoms with E-state index in [4.69, 9.17) is 0 Å². The minimum absolute atomic E-state index is 0.0544. The summed E-state index contributed by atoms with van der Waals surface area (Å²) in [5, 5.41) is 19.7. The normalized spacial score (nSPS) is 11.2. The van der Waals surface area contributed by atoms with Crippen LogP contribution in [0.3, 0.4) is 0 Å². The van der Waals surface area contributed by atoms with Gasteiger partial charge in [-0.3, -0.25) is 9.79 Å². The monoisotopic (exact) mass is 297 g/mol. The van der Waals surface area contributed by atoms with Crippen LogP contribution in [0.2, 0.25) is 0 Å². The molecule has 0 spiro atoms. The molecule has 0 saturated carbocycles. The van der Waals surface area contributed by atoms with Gasteiger partial charge in [0, 0.05) is 16.3 Å². The van der Waals surface area contributed by atoms with Crippen LogP contribution in [0.15, 0.2) is 58.3 Å². The van der Waals surface area contributed by atoms with Gasteiger partial charge in [-0.25, -0.2) is 0 Å². The fourth-order valence-electron chi connectivity index (χ4n) is 1.94. The van der Waals surface area contributed by atoms with Crippen LogP contribution in [0.25, 0.3) is 10.1 Å². The molecule has 0 aliphatic heterocycles. The van der Waals surface area contributed by atoms with E-state index in [1.54, 1.807) is 30.3 Å². The van der Waals surface area contributed by atoms with E-state index in [1.807, 2.05) is 6.07 Å². The maximum absolute atomic E-state index is 12.3. The summed E-state index contributed by atoms with van der Waals surface area (Å²) in [6.07, 6.45) is 1.35. The lowest BCUT2D eigenvalue weighted by molar-refractivity contribution is 0.475. The zero-order chi connectivity index (χ0) is 14.8. The van der Waals surface area contributed by atoms with E-state index in [0.29, 0.717) is 11.1 Å². The Bertz CT molecular complexity index is 882. The van der Waals surface area contributed by atoms with E-state index in [-0.39, 0.29) is 21.8 Å². The zero-order valence-electron chi connectivity index (χ0n) is 10.9. The Hall–Kier alpha value is -2.66. The van der Waals surface area contributed by atoms with Crippen LogP contribution < -0.4 is 5.43 Å². The van der Waals surface area contributed by atoms with Gasteiger partial charge in [-0.2, -0.15) is 0 Å². The van der Waals surface area contributed by atoms with Crippen molar-refractivity contribution in [1.29, 1.82) is 0 Å². The Balaban J connectivity index is 2.08. The van der Waals surface area contributed by atoms with Crippen LogP contribution >= 0.6 is 11.3 Å². The molecule has 1 heterocycles. The summed E-state index contributed by atoms with van der Waals surface area (Å²) in [6.45, 7) is 0. The predicted octanol–water partition coefficient (Wildman–Crippen LogP) is 3.42. The first-order valence-corrected chi connectivity index (χ1v) is 7.05. The van der Waals surface area contributed by atoms with Crippen LogP contribution in [-0.2, 0) is 0 Å². The van der Waals surface area contributed by atoms with Crippen molar-refractivity contribution in [3.05, 3.63) is 64.3 Å². The van der Waals surface area contributed by atoms with Gasteiger partial charge in [0.1, 0.15) is 5.75 Å². The van der Waals surface area contributed by atoms with Crippen LogP contribution in [0.5, 0.6) is 10.8 Å². The molecule has 2 aromatic carbocycles. The van der Waals surface area contributed by atoms with E-state index in [9.17, 15) is 15.0 Å². The van der Waals surface area contributed by atoms with Crippen molar-refractivity contribution < 1.29 is 10.2 Å². The molecule has 4 nitrogen and oxygen atoms in total. The molecule has 0 saturated heterocycles. The number of rotatable bonds is 2. The van der Waals surface area contributed by atoms with Gasteiger partial charge in [-0.15, -0.1) is 0 Å². The molecule has 3 aromatic rings. The number of aromatic hydroxyl groups is 2. The highest BCUT2D eigenvalue weighted by molar-refractivity contribution is 7.20. The largest absolute Gasteiger partial charge is 0.508 e. The molecule has 0 fully saturated rings. The summed E-state index contributed by atoms with van der Waals surface area (Å²) in [4.78, 5) is 16.5. The van der Waals surface area contributed by atoms with E-state index in [1.165, 1.54) is 18.3 Å². The maximum atomic E-state index is 12.3. The quantitative estimate of drug-likeness (QED) is 0.712. The van der Waals surface area contributed by atoms with E-state index >= 15 is 0 Å². The second-order valence-corrected chi connectivity index (χ2v) is 5.45. The van der Waals surface area contributed by atoms with E-state index in [2.05, 4.69) is 4.99 Å². The van der Waals surface area contributed by atoms with Crippen LogP contribution in [-0.4, -0.2) is 16.4 Å². The number of phenolic OH excluding ortho intramolecular Hbond substituents is 1. The predicted molar refractivity (Wildman–Crippen MR) is 85.1 cm³/mol. The van der Waals surface area contributed by atoms with E-state index in [0.717, 1.165) is 16.0 Å². The minimum atomic E-state index is -0.246. The van der Waals surface area contributed by atoms with Crippen molar-refractivity contribution in [2.75, 3.05) is 0 Å². The van der Waals surface area contributed by atoms with Gasteiger partial charge in [-0.1, -0.05) is 23.5 Å². The molecule has 1 aromatic heterocycles. The first kappa shape index (κ1) is 13.3. The lowest BCUT2D eigenvalue weighted by atomic mass is 10.2. The van der Waals surface area contributed by atoms with Crippen molar-refractivity contribution in [2.24, 2.45) is 4.99 Å². The maximum Gasteiger partial charge on any atom is 0.200 e. The molecule has 3 rings (SSSR count). The van der Waals surface area contributed by atoms with Gasteiger partial charge >= 0.3 is 0 Å². The third kappa shape index (κ3) is 2.64. The number of nitrogens with zero attached hydrogens (tertiary/aromatic N) is 1. The molecule has 0 atom stereocenters. The Morgan fingerprint density at radius 3 is 2.48 bits per heavy atom. The number of benzene rings is 2. The Morgan fingerprint density at radius 2 is 1.71 bits per heavy atom. The van der Waals surface area contributed by atoms with Gasteiger partial charge in [-0.05, 0) is 36.4 Å². The van der Waals surface area contributed by atoms with Gasteiger partial charge in [0.2, 0.25) is 5.43 Å². The minimum Gasteiger partial charge on any atom is -0.508 e. The molecule has 0 amide bonds. The van der Waals surface area contributed by atoms with Gasteiger partial charge in [0.05, 0.1) is 11.3 Å². The Labute approximate surface area is 124 Å². The van der Waals surface area contributed by atoms with Crippen LogP contribution in [0, 0.1) is 0 Å². The number of hydrogen-bond donors (Lipinski definition) is 2. The summed E-state index contributed by atoms with van der Waals surface area (Å²) in [6, 6.07) is 13.4. The van der Waals surface area contributed by atoms with Crippen LogP contribution in [0.4, 0.5) is 5.69 Å². The average Bonchev–Trinajstić information content (AvgIpc) is 2.49. The van der Waals surface area contributed by atoms with E-state index < -0.39 is 0 Å². The summed E-state index contributed by atoms with van der Waals surface area (Å²) in [5.74, 6) is 0.147. The molecular weight excluding hydrogens is 286 g/mol. The molecule has 0 unspecified atom stereocenters. The smallest absolute Gasteiger partial charge is 0.200 e. The fourth-order valence-corrected chi connectivity index (χ4v) is 2.82. The molecule has 2 N–H and O–H groups in total. The van der Waals surface area contributed by atoms with Crippen molar-refractivity contribution in [3.63, 3.8) is 0 Å². The molecule has 104 valence electrons. The van der Waals surface area contributed by atoms with Crippen molar-refractivity contribution in [1.82, 2.24) is 0 Å². The second-order valence-electron chi connectivity index (χ2n) is 4.42. The zero-order valence-corrected chi connectivity index (χ0v) is 11.7. The number of phenols is 1. The summed E-state index contributed by atoms with van der Waals surface area (Å²) >= 11 is 1.14. The third-order valence-electron chi connectivity index (χ3n) is 3.01. The summed E-state index contributed by atoms with van der Waals surface area (Å²) < 4.78 is 0.738. The number of hydrogen-bond acceptors (Lipinski definition) is 5. The molecule has 5 heteroatoms. The fraction of sp³-hybridized carbons (Fsp3) is 0. The highest BCUT2D eigenvalue weighted by Gasteiger charge is 2.09. The third-order valence-corrected chi connectivity index (χ3v) is 3.99. The first-order valence-electron chi connectivity index (χ1n) is 6.23. The molecule has 0 aliphatic rings. The van der Waals surface area contributed by atoms with Gasteiger partial charge in [0.15, 0.2) is 5.06 Å². The molecule has 0 radical (unpaired) electrons. The summed E-state index contributed by atoms with van der Waals surface area (Å²) in [7, 11) is 0. The lowest BCUT2D eigenvalue weighted by Gasteiger charge is -2.01. The molecule has 0 aliphatic carbocycles. The standard InChI is InChI=1S/C16H11NO3S/c18-11-7-5-10(6-8-11)17-9-13-15(19)12-3-1-2-4-14(12)21-16(13)20/h1-9,18,20H. The molecular formula is C16H11NO3S. The van der Waals surface area contributed by atoms with Crippen molar-refractivity contribution in [2.45, 2.75) is 0 Å². The topological polar surface area (TPSA) is 69.9 Å². The van der Waals surface area contributed by atoms with Crippen molar-refractivity contribution >= 4 is 33.3 Å². The lowest BCUT2D eigenvalue weighted by Crippen LogP contribution is -2.07. The molecule has 21 heavy (non-hydrogen) atoms. The number of aliphatic imine (C=N–C) groups is 1. The van der Waals surface area contributed by atoms with Gasteiger partial charge < -0.3 is 10.2 Å². The highest BCUT2D eigenvalue weighted by Crippen LogP contribution is 2.27. The highest BCUT2D eigenvalue weighted by atomic mass is 32.1. The SMILES string of the molecule is O=c1c(C=Nc2ccc(O)cc2)c(O)sc2ccccc12. The number of fused-ring (bicyclic) bond motifs is 1.